The summed E-state index contributed by atoms with van der Waals surface area (Å²) in [7, 11) is 0. The van der Waals surface area contributed by atoms with E-state index in [4.69, 9.17) is 5.73 Å². The first kappa shape index (κ1) is 17.0. The Hall–Kier alpha value is -2.08. The Labute approximate surface area is 125 Å². The monoisotopic (exact) mass is 292 g/mol. The molecule has 5 N–H and O–H groups in total. The second-order valence-electron chi connectivity index (χ2n) is 4.91. The molecule has 116 valence electrons. The fraction of sp³-hybridized carbons (Fsp3) is 0.467. The van der Waals surface area contributed by atoms with Gasteiger partial charge in [-0.2, -0.15) is 0 Å². The number of benzene rings is 1. The molecule has 0 spiro atoms. The highest BCUT2D eigenvalue weighted by atomic mass is 16.2. The lowest BCUT2D eigenvalue weighted by atomic mass is 10.2. The molecular weight excluding hydrogens is 268 g/mol. The van der Waals surface area contributed by atoms with Gasteiger partial charge in [-0.15, -0.1) is 0 Å². The molecule has 6 heteroatoms. The van der Waals surface area contributed by atoms with Gasteiger partial charge in [-0.3, -0.25) is 4.79 Å². The Bertz CT molecular complexity index is 476. The quantitative estimate of drug-likeness (QED) is 0.614. The number of hydrogen-bond acceptors (Lipinski definition) is 3. The average molecular weight is 292 g/mol. The number of amides is 3. The van der Waals surface area contributed by atoms with Crippen LogP contribution >= 0.6 is 0 Å². The van der Waals surface area contributed by atoms with Crippen molar-refractivity contribution in [3.8, 4) is 0 Å². The van der Waals surface area contributed by atoms with Crippen LogP contribution in [0.15, 0.2) is 24.3 Å². The van der Waals surface area contributed by atoms with E-state index in [0.717, 1.165) is 12.0 Å². The van der Waals surface area contributed by atoms with Crippen LogP contribution in [0.1, 0.15) is 32.3 Å². The van der Waals surface area contributed by atoms with Gasteiger partial charge >= 0.3 is 6.03 Å². The third kappa shape index (κ3) is 6.76. The summed E-state index contributed by atoms with van der Waals surface area (Å²) >= 11 is 0. The van der Waals surface area contributed by atoms with Gasteiger partial charge in [0, 0.05) is 31.2 Å². The molecule has 0 saturated carbocycles. The lowest BCUT2D eigenvalue weighted by Crippen LogP contribution is -2.36. The van der Waals surface area contributed by atoms with Gasteiger partial charge in [0.1, 0.15) is 0 Å². The van der Waals surface area contributed by atoms with Crippen molar-refractivity contribution in [1.82, 2.24) is 10.6 Å². The maximum Gasteiger partial charge on any atom is 0.319 e. The first-order chi connectivity index (χ1) is 10.0. The Morgan fingerprint density at radius 3 is 2.76 bits per heavy atom. The van der Waals surface area contributed by atoms with E-state index >= 15 is 0 Å². The molecular formula is C15H24N4O2. The van der Waals surface area contributed by atoms with Crippen molar-refractivity contribution in [2.75, 3.05) is 11.9 Å². The van der Waals surface area contributed by atoms with Gasteiger partial charge in [0.15, 0.2) is 0 Å². The second kappa shape index (κ2) is 8.97. The molecule has 21 heavy (non-hydrogen) atoms. The van der Waals surface area contributed by atoms with E-state index in [9.17, 15) is 9.59 Å². The minimum atomic E-state index is -0.333. The zero-order chi connectivity index (χ0) is 15.7. The Balaban J connectivity index is 2.29. The number of rotatable bonds is 7. The molecule has 0 fully saturated rings. The summed E-state index contributed by atoms with van der Waals surface area (Å²) in [5.74, 6) is -0.0604. The van der Waals surface area contributed by atoms with Crippen LogP contribution in [0.3, 0.4) is 0 Å². The van der Waals surface area contributed by atoms with Gasteiger partial charge in [-0.05, 0) is 31.0 Å². The summed E-state index contributed by atoms with van der Waals surface area (Å²) in [4.78, 5) is 23.2. The van der Waals surface area contributed by atoms with E-state index in [-0.39, 0.29) is 24.4 Å². The van der Waals surface area contributed by atoms with Crippen molar-refractivity contribution >= 4 is 17.6 Å². The molecule has 1 atom stereocenters. The van der Waals surface area contributed by atoms with Crippen LogP contribution in [0.4, 0.5) is 10.5 Å². The fourth-order valence-electron chi connectivity index (χ4n) is 1.69. The van der Waals surface area contributed by atoms with Gasteiger partial charge in [-0.25, -0.2) is 4.79 Å². The van der Waals surface area contributed by atoms with E-state index < -0.39 is 0 Å². The molecule has 1 aromatic rings. The minimum absolute atomic E-state index is 0.0604. The van der Waals surface area contributed by atoms with Crippen molar-refractivity contribution < 1.29 is 9.59 Å². The van der Waals surface area contributed by atoms with Crippen molar-refractivity contribution in [1.29, 1.82) is 0 Å². The number of carbonyl (C=O) groups excluding carboxylic acids is 2. The predicted molar refractivity (Wildman–Crippen MR) is 83.9 cm³/mol. The SMILES string of the molecule is CCC(C)NC(=O)CCNC(=O)Nc1cccc(CN)c1. The lowest BCUT2D eigenvalue weighted by molar-refractivity contribution is -0.121. The van der Waals surface area contributed by atoms with Crippen LogP contribution in [0.5, 0.6) is 0 Å². The van der Waals surface area contributed by atoms with Gasteiger partial charge < -0.3 is 21.7 Å². The highest BCUT2D eigenvalue weighted by molar-refractivity contribution is 5.89. The molecule has 0 saturated heterocycles. The maximum atomic E-state index is 11.7. The van der Waals surface area contributed by atoms with Gasteiger partial charge in [0.05, 0.1) is 0 Å². The number of urea groups is 1. The van der Waals surface area contributed by atoms with Gasteiger partial charge in [-0.1, -0.05) is 19.1 Å². The van der Waals surface area contributed by atoms with E-state index in [2.05, 4.69) is 16.0 Å². The first-order valence-electron chi connectivity index (χ1n) is 7.18. The Morgan fingerprint density at radius 1 is 1.33 bits per heavy atom. The number of nitrogens with one attached hydrogen (secondary N) is 3. The van der Waals surface area contributed by atoms with Crippen LogP contribution in [0.2, 0.25) is 0 Å². The van der Waals surface area contributed by atoms with Crippen molar-refractivity contribution in [2.24, 2.45) is 5.73 Å². The van der Waals surface area contributed by atoms with Gasteiger partial charge in [0.25, 0.3) is 0 Å². The largest absolute Gasteiger partial charge is 0.354 e. The molecule has 1 aromatic carbocycles. The lowest BCUT2D eigenvalue weighted by Gasteiger charge is -2.12. The summed E-state index contributed by atoms with van der Waals surface area (Å²) in [5.41, 5.74) is 7.17. The Morgan fingerprint density at radius 2 is 2.10 bits per heavy atom. The highest BCUT2D eigenvalue weighted by Crippen LogP contribution is 2.09. The minimum Gasteiger partial charge on any atom is -0.354 e. The summed E-state index contributed by atoms with van der Waals surface area (Å²) < 4.78 is 0. The summed E-state index contributed by atoms with van der Waals surface area (Å²) in [6.07, 6.45) is 1.15. The fourth-order valence-corrected chi connectivity index (χ4v) is 1.69. The standard InChI is InChI=1S/C15H24N4O2/c1-3-11(2)18-14(20)7-8-17-15(21)19-13-6-4-5-12(9-13)10-16/h4-6,9,11H,3,7-8,10,16H2,1-2H3,(H,18,20)(H2,17,19,21). The van der Waals surface area contributed by atoms with E-state index in [1.807, 2.05) is 32.0 Å². The number of carbonyl (C=O) groups is 2. The molecule has 0 aliphatic carbocycles. The second-order valence-corrected chi connectivity index (χ2v) is 4.91. The summed E-state index contributed by atoms with van der Waals surface area (Å²) in [5, 5.41) is 8.20. The summed E-state index contributed by atoms with van der Waals surface area (Å²) in [6.45, 7) is 4.67. The molecule has 0 aromatic heterocycles. The molecule has 6 nitrogen and oxygen atoms in total. The average Bonchev–Trinajstić information content (AvgIpc) is 2.47. The molecule has 1 rings (SSSR count). The highest BCUT2D eigenvalue weighted by Gasteiger charge is 2.06. The molecule has 0 heterocycles. The van der Waals surface area contributed by atoms with Crippen LogP contribution in [0, 0.1) is 0 Å². The molecule has 0 radical (unpaired) electrons. The van der Waals surface area contributed by atoms with Crippen molar-refractivity contribution in [3.05, 3.63) is 29.8 Å². The van der Waals surface area contributed by atoms with Gasteiger partial charge in [0.2, 0.25) is 5.91 Å². The first-order valence-corrected chi connectivity index (χ1v) is 7.18. The van der Waals surface area contributed by atoms with Crippen LogP contribution < -0.4 is 21.7 Å². The maximum absolute atomic E-state index is 11.7. The molecule has 3 amide bonds. The third-order valence-corrected chi connectivity index (χ3v) is 3.08. The smallest absolute Gasteiger partial charge is 0.319 e. The molecule has 1 unspecified atom stereocenters. The van der Waals surface area contributed by atoms with E-state index in [0.29, 0.717) is 18.8 Å². The number of anilines is 1. The molecule has 0 aliphatic rings. The topological polar surface area (TPSA) is 96.2 Å². The van der Waals surface area contributed by atoms with E-state index in [1.165, 1.54) is 0 Å². The predicted octanol–water partition coefficient (Wildman–Crippen LogP) is 1.57. The zero-order valence-corrected chi connectivity index (χ0v) is 12.6. The van der Waals surface area contributed by atoms with Crippen LogP contribution in [-0.2, 0) is 11.3 Å². The Kier molecular flexibility index (Phi) is 7.25. The third-order valence-electron chi connectivity index (χ3n) is 3.08. The van der Waals surface area contributed by atoms with E-state index in [1.54, 1.807) is 6.07 Å². The van der Waals surface area contributed by atoms with Crippen LogP contribution in [-0.4, -0.2) is 24.5 Å². The zero-order valence-electron chi connectivity index (χ0n) is 12.6. The normalized spacial score (nSPS) is 11.6. The molecule has 0 aliphatic heterocycles. The summed E-state index contributed by atoms with van der Waals surface area (Å²) in [6, 6.07) is 7.15. The number of nitrogens with two attached hydrogens (primary N) is 1. The molecule has 0 bridgehead atoms. The van der Waals surface area contributed by atoms with Crippen molar-refractivity contribution in [3.63, 3.8) is 0 Å². The van der Waals surface area contributed by atoms with Crippen molar-refractivity contribution in [2.45, 2.75) is 39.3 Å². The number of hydrogen-bond donors (Lipinski definition) is 4. The van der Waals surface area contributed by atoms with Crippen LogP contribution in [0.25, 0.3) is 0 Å².